The van der Waals surface area contributed by atoms with Gasteiger partial charge in [-0.25, -0.2) is 17.9 Å². The molecule has 3 amide bonds. The van der Waals surface area contributed by atoms with Crippen LogP contribution >= 0.6 is 11.3 Å². The van der Waals surface area contributed by atoms with Crippen LogP contribution in [0.3, 0.4) is 0 Å². The highest BCUT2D eigenvalue weighted by molar-refractivity contribution is 7.90. The second-order valence-electron chi connectivity index (χ2n) is 8.21. The van der Waals surface area contributed by atoms with Gasteiger partial charge in [-0.3, -0.25) is 4.79 Å². The third kappa shape index (κ3) is 6.23. The summed E-state index contributed by atoms with van der Waals surface area (Å²) in [4.78, 5) is 25.8. The average Bonchev–Trinajstić information content (AvgIpc) is 3.16. The molecule has 0 aliphatic heterocycles. The lowest BCUT2D eigenvalue weighted by molar-refractivity contribution is 0.0951. The first kappa shape index (κ1) is 25.7. The normalized spacial score (nSPS) is 11.7. The highest BCUT2D eigenvalue weighted by Crippen LogP contribution is 2.29. The first-order chi connectivity index (χ1) is 14.9. The lowest BCUT2D eigenvalue weighted by atomic mass is 9.86. The van der Waals surface area contributed by atoms with Gasteiger partial charge in [-0.05, 0) is 42.0 Å². The monoisotopic (exact) mass is 481 g/mol. The van der Waals surface area contributed by atoms with E-state index in [1.807, 2.05) is 23.8 Å². The van der Waals surface area contributed by atoms with Crippen LogP contribution in [0.25, 0.3) is 0 Å². The van der Waals surface area contributed by atoms with Crippen LogP contribution in [0, 0.1) is 0 Å². The first-order valence-corrected chi connectivity index (χ1v) is 12.6. The van der Waals surface area contributed by atoms with Crippen LogP contribution in [0.1, 0.15) is 53.4 Å². The van der Waals surface area contributed by atoms with E-state index in [4.69, 9.17) is 4.74 Å². The maximum absolute atomic E-state index is 12.8. The van der Waals surface area contributed by atoms with E-state index >= 15 is 0 Å². The summed E-state index contributed by atoms with van der Waals surface area (Å²) < 4.78 is 32.3. The molecule has 0 atom stereocenters. The van der Waals surface area contributed by atoms with Gasteiger partial charge in [-0.1, -0.05) is 33.8 Å². The van der Waals surface area contributed by atoms with Crippen LogP contribution in [0.5, 0.6) is 5.75 Å². The number of aryl methyl sites for hydroxylation is 1. The number of urea groups is 1. The van der Waals surface area contributed by atoms with Gasteiger partial charge in [0, 0.05) is 23.3 Å². The van der Waals surface area contributed by atoms with E-state index in [-0.39, 0.29) is 16.2 Å². The number of rotatable bonds is 8. The Hall–Kier alpha value is -2.59. The van der Waals surface area contributed by atoms with Gasteiger partial charge in [-0.2, -0.15) is 0 Å². The molecule has 10 heteroatoms. The molecule has 3 N–H and O–H groups in total. The largest absolute Gasteiger partial charge is 0.496 e. The highest BCUT2D eigenvalue weighted by atomic mass is 32.2. The average molecular weight is 482 g/mol. The molecule has 0 spiro atoms. The van der Waals surface area contributed by atoms with Crippen molar-refractivity contribution in [3.8, 4) is 5.75 Å². The van der Waals surface area contributed by atoms with Crippen LogP contribution in [0.4, 0.5) is 4.79 Å². The Morgan fingerprint density at radius 2 is 1.84 bits per heavy atom. The Morgan fingerprint density at radius 1 is 1.16 bits per heavy atom. The van der Waals surface area contributed by atoms with E-state index in [9.17, 15) is 18.0 Å². The highest BCUT2D eigenvalue weighted by Gasteiger charge is 2.23. The first-order valence-electron chi connectivity index (χ1n) is 10.3. The summed E-state index contributed by atoms with van der Waals surface area (Å²) in [5, 5.41) is 5.12. The Morgan fingerprint density at radius 3 is 2.41 bits per heavy atom. The van der Waals surface area contributed by atoms with Crippen molar-refractivity contribution in [3.63, 3.8) is 0 Å². The van der Waals surface area contributed by atoms with Crippen molar-refractivity contribution < 1.29 is 22.7 Å². The molecule has 1 aromatic heterocycles. The van der Waals surface area contributed by atoms with Crippen molar-refractivity contribution in [2.45, 2.75) is 50.8 Å². The van der Waals surface area contributed by atoms with Gasteiger partial charge in [-0.15, -0.1) is 11.3 Å². The number of hydrogen-bond acceptors (Lipinski definition) is 6. The molecular weight excluding hydrogens is 450 g/mol. The number of ether oxygens (including phenoxy) is 1. The molecule has 0 fully saturated rings. The van der Waals surface area contributed by atoms with E-state index in [0.717, 1.165) is 10.4 Å². The maximum Gasteiger partial charge on any atom is 0.328 e. The Balaban J connectivity index is 2.14. The topological polar surface area (TPSA) is 114 Å². The standard InChI is InChI=1S/C22H31N3O5S2/c1-7-18-19(32(28,29)25-21(27)23-5)13-15(31-18)10-11-24-20(26)16-12-14(22(2,3)4)8-9-17(16)30-6/h8-9,12-13H,7,10-11H2,1-6H3,(H,24,26)(H2,23,25,27). The smallest absolute Gasteiger partial charge is 0.328 e. The predicted octanol–water partition coefficient (Wildman–Crippen LogP) is 3.21. The van der Waals surface area contributed by atoms with Crippen LogP contribution in [0.15, 0.2) is 29.2 Å². The summed E-state index contributed by atoms with van der Waals surface area (Å²) in [6.45, 7) is 8.40. The molecule has 176 valence electrons. The number of thiophene rings is 1. The van der Waals surface area contributed by atoms with Crippen LogP contribution in [0.2, 0.25) is 0 Å². The number of nitrogens with one attached hydrogen (secondary N) is 3. The molecule has 0 saturated heterocycles. The van der Waals surface area contributed by atoms with Gasteiger partial charge in [0.2, 0.25) is 0 Å². The fraction of sp³-hybridized carbons (Fsp3) is 0.455. The van der Waals surface area contributed by atoms with Crippen LogP contribution in [-0.2, 0) is 28.3 Å². The number of carbonyl (C=O) groups is 2. The minimum absolute atomic E-state index is 0.0921. The fourth-order valence-electron chi connectivity index (χ4n) is 3.04. The predicted molar refractivity (Wildman–Crippen MR) is 126 cm³/mol. The van der Waals surface area contributed by atoms with Gasteiger partial charge in [0.05, 0.1) is 12.7 Å². The molecule has 0 unspecified atom stereocenters. The molecule has 2 aromatic rings. The van der Waals surface area contributed by atoms with E-state index in [0.29, 0.717) is 35.6 Å². The number of amides is 3. The molecule has 0 bridgehead atoms. The van der Waals surface area contributed by atoms with Gasteiger partial charge < -0.3 is 15.4 Å². The zero-order valence-electron chi connectivity index (χ0n) is 19.3. The number of benzene rings is 1. The molecule has 0 saturated carbocycles. The number of sulfonamides is 1. The van der Waals surface area contributed by atoms with Crippen molar-refractivity contribution >= 4 is 33.3 Å². The Labute approximate surface area is 193 Å². The van der Waals surface area contributed by atoms with Crippen LogP contribution < -0.4 is 20.1 Å². The van der Waals surface area contributed by atoms with Crippen LogP contribution in [-0.4, -0.2) is 41.1 Å². The summed E-state index contributed by atoms with van der Waals surface area (Å²) in [5.41, 5.74) is 1.37. The van der Waals surface area contributed by atoms with E-state index in [1.54, 1.807) is 12.1 Å². The zero-order chi connectivity index (χ0) is 24.1. The second-order valence-corrected chi connectivity index (χ2v) is 11.1. The zero-order valence-corrected chi connectivity index (χ0v) is 20.9. The quantitative estimate of drug-likeness (QED) is 0.536. The maximum atomic E-state index is 12.8. The number of methoxy groups -OCH3 is 1. The number of hydrogen-bond donors (Lipinski definition) is 3. The lowest BCUT2D eigenvalue weighted by Crippen LogP contribution is -2.37. The van der Waals surface area contributed by atoms with E-state index < -0.39 is 16.1 Å². The summed E-state index contributed by atoms with van der Waals surface area (Å²) in [6.07, 6.45) is 0.970. The number of carbonyl (C=O) groups excluding carboxylic acids is 2. The molecule has 1 aromatic carbocycles. The molecule has 2 rings (SSSR count). The second kappa shape index (κ2) is 10.4. The summed E-state index contributed by atoms with van der Waals surface area (Å²) >= 11 is 1.36. The molecular formula is C22H31N3O5S2. The molecule has 0 aliphatic rings. The van der Waals surface area contributed by atoms with Gasteiger partial charge in [0.1, 0.15) is 10.6 Å². The van der Waals surface area contributed by atoms with Crippen molar-refractivity contribution in [1.29, 1.82) is 0 Å². The summed E-state index contributed by atoms with van der Waals surface area (Å²) in [5.74, 6) is 0.239. The van der Waals surface area contributed by atoms with Crippen molar-refractivity contribution in [1.82, 2.24) is 15.4 Å². The molecule has 1 heterocycles. The molecule has 0 radical (unpaired) electrons. The third-order valence-corrected chi connectivity index (χ3v) is 7.72. The summed E-state index contributed by atoms with van der Waals surface area (Å²) in [7, 11) is -1.09. The molecule has 0 aliphatic carbocycles. The molecule has 8 nitrogen and oxygen atoms in total. The fourth-order valence-corrected chi connectivity index (χ4v) is 5.76. The minimum atomic E-state index is -3.96. The van der Waals surface area contributed by atoms with Gasteiger partial charge in [0.25, 0.3) is 15.9 Å². The Bertz CT molecular complexity index is 1090. The molecule has 32 heavy (non-hydrogen) atoms. The van der Waals surface area contributed by atoms with Gasteiger partial charge in [0.15, 0.2) is 0 Å². The summed E-state index contributed by atoms with van der Waals surface area (Å²) in [6, 6.07) is 6.34. The Kier molecular flexibility index (Phi) is 8.30. The SMILES string of the molecule is CCc1sc(CCNC(=O)c2cc(C(C)(C)C)ccc2OC)cc1S(=O)(=O)NC(=O)NC. The lowest BCUT2D eigenvalue weighted by Gasteiger charge is -2.21. The van der Waals surface area contributed by atoms with Crippen molar-refractivity contribution in [2.24, 2.45) is 0 Å². The third-order valence-electron chi connectivity index (χ3n) is 4.85. The minimum Gasteiger partial charge on any atom is -0.496 e. The van der Waals surface area contributed by atoms with E-state index in [1.165, 1.54) is 25.5 Å². The van der Waals surface area contributed by atoms with Gasteiger partial charge >= 0.3 is 6.03 Å². The van der Waals surface area contributed by atoms with Crippen molar-refractivity contribution in [2.75, 3.05) is 20.7 Å². The van der Waals surface area contributed by atoms with Crippen molar-refractivity contribution in [3.05, 3.63) is 45.1 Å². The van der Waals surface area contributed by atoms with E-state index in [2.05, 4.69) is 31.4 Å².